The lowest BCUT2D eigenvalue weighted by molar-refractivity contribution is 0.410. The fourth-order valence-corrected chi connectivity index (χ4v) is 4.12. The molecular formula is C19H24. The zero-order valence-corrected chi connectivity index (χ0v) is 12.6. The van der Waals surface area contributed by atoms with Crippen LogP contribution in [0.2, 0.25) is 0 Å². The van der Waals surface area contributed by atoms with Crippen molar-refractivity contribution in [2.24, 2.45) is 0 Å². The molecule has 1 atom stereocenters. The van der Waals surface area contributed by atoms with Gasteiger partial charge in [0.05, 0.1) is 0 Å². The Labute approximate surface area is 117 Å². The van der Waals surface area contributed by atoms with E-state index in [1.165, 1.54) is 24.8 Å². The highest BCUT2D eigenvalue weighted by molar-refractivity contribution is 5.51. The molecule has 0 heterocycles. The second kappa shape index (κ2) is 4.10. The lowest BCUT2D eigenvalue weighted by Gasteiger charge is -2.32. The molecule has 19 heavy (non-hydrogen) atoms. The molecule has 100 valence electrons. The van der Waals surface area contributed by atoms with Crippen LogP contribution in [0.25, 0.3) is 0 Å². The molecule has 0 saturated heterocycles. The molecule has 0 radical (unpaired) electrons. The maximum absolute atomic E-state index is 2.45. The number of rotatable bonds is 1. The minimum atomic E-state index is 0.233. The van der Waals surface area contributed by atoms with Gasteiger partial charge in [0.15, 0.2) is 0 Å². The highest BCUT2D eigenvalue weighted by Gasteiger charge is 2.46. The average Bonchev–Trinajstić information content (AvgIpc) is 2.59. The van der Waals surface area contributed by atoms with Crippen molar-refractivity contribution in [2.75, 3.05) is 0 Å². The first-order chi connectivity index (χ1) is 8.93. The number of allylic oxidation sites excluding steroid dienone is 4. The first kappa shape index (κ1) is 12.7. The van der Waals surface area contributed by atoms with Crippen LogP contribution in [-0.4, -0.2) is 0 Å². The van der Waals surface area contributed by atoms with Crippen molar-refractivity contribution in [2.45, 2.75) is 57.8 Å². The first-order valence-corrected chi connectivity index (χ1v) is 7.40. The van der Waals surface area contributed by atoms with E-state index in [0.29, 0.717) is 5.41 Å². The summed E-state index contributed by atoms with van der Waals surface area (Å²) in [5.74, 6) is 0. The molecular weight excluding hydrogens is 228 g/mol. The van der Waals surface area contributed by atoms with Crippen molar-refractivity contribution < 1.29 is 0 Å². The largest absolute Gasteiger partial charge is 0.0730 e. The van der Waals surface area contributed by atoms with Crippen LogP contribution in [0.5, 0.6) is 0 Å². The van der Waals surface area contributed by atoms with Gasteiger partial charge in [-0.15, -0.1) is 0 Å². The Kier molecular flexibility index (Phi) is 2.74. The monoisotopic (exact) mass is 252 g/mol. The quantitative estimate of drug-likeness (QED) is 0.637. The van der Waals surface area contributed by atoms with Crippen LogP contribution < -0.4 is 0 Å². The summed E-state index contributed by atoms with van der Waals surface area (Å²) >= 11 is 0. The van der Waals surface area contributed by atoms with Gasteiger partial charge in [-0.05, 0) is 42.7 Å². The molecule has 0 saturated carbocycles. The second-order valence-electron chi connectivity index (χ2n) is 7.14. The Balaban J connectivity index is 2.12. The molecule has 0 aliphatic heterocycles. The summed E-state index contributed by atoms with van der Waals surface area (Å²) in [5, 5.41) is 0. The van der Waals surface area contributed by atoms with E-state index in [0.717, 1.165) is 0 Å². The zero-order chi connectivity index (χ0) is 13.7. The molecule has 0 bridgehead atoms. The standard InChI is InChI=1S/C19H24/c1-14-9-11-15(12-10-14)19(4)13-18(2,3)16-7-5-6-8-17(16)19/h5-9,11H,10,12-13H2,1-4H3. The van der Waals surface area contributed by atoms with E-state index in [2.05, 4.69) is 64.1 Å². The fourth-order valence-electron chi connectivity index (χ4n) is 4.12. The molecule has 2 aliphatic carbocycles. The molecule has 0 fully saturated rings. The van der Waals surface area contributed by atoms with E-state index in [9.17, 15) is 0 Å². The van der Waals surface area contributed by atoms with Crippen LogP contribution >= 0.6 is 0 Å². The summed E-state index contributed by atoms with van der Waals surface area (Å²) in [6, 6.07) is 9.05. The summed E-state index contributed by atoms with van der Waals surface area (Å²) in [7, 11) is 0. The maximum Gasteiger partial charge on any atom is 0.0148 e. The Hall–Kier alpha value is -1.30. The van der Waals surface area contributed by atoms with Gasteiger partial charge in [-0.2, -0.15) is 0 Å². The molecule has 0 amide bonds. The SMILES string of the molecule is CC1=CC=C(C2(C)CC(C)(C)c3ccccc32)CC1. The second-order valence-corrected chi connectivity index (χ2v) is 7.14. The summed E-state index contributed by atoms with van der Waals surface area (Å²) in [5.41, 5.74) is 6.76. The Bertz CT molecular complexity index is 571. The number of fused-ring (bicyclic) bond motifs is 1. The fraction of sp³-hybridized carbons (Fsp3) is 0.474. The molecule has 1 unspecified atom stereocenters. The van der Waals surface area contributed by atoms with E-state index in [4.69, 9.17) is 0 Å². The molecule has 0 aromatic heterocycles. The molecule has 0 heteroatoms. The van der Waals surface area contributed by atoms with Gasteiger partial charge in [-0.25, -0.2) is 0 Å². The van der Waals surface area contributed by atoms with Crippen LogP contribution in [0.15, 0.2) is 47.6 Å². The van der Waals surface area contributed by atoms with Crippen LogP contribution in [0, 0.1) is 0 Å². The number of benzene rings is 1. The van der Waals surface area contributed by atoms with E-state index in [-0.39, 0.29) is 5.41 Å². The molecule has 0 N–H and O–H groups in total. The summed E-state index contributed by atoms with van der Waals surface area (Å²) < 4.78 is 0. The first-order valence-electron chi connectivity index (χ1n) is 7.40. The highest BCUT2D eigenvalue weighted by atomic mass is 14.5. The minimum Gasteiger partial charge on any atom is -0.0730 e. The molecule has 0 nitrogen and oxygen atoms in total. The lowest BCUT2D eigenvalue weighted by Crippen LogP contribution is -2.25. The predicted molar refractivity (Wildman–Crippen MR) is 82.5 cm³/mol. The third kappa shape index (κ3) is 1.89. The Morgan fingerprint density at radius 1 is 0.895 bits per heavy atom. The molecule has 2 aliphatic rings. The van der Waals surface area contributed by atoms with Crippen LogP contribution in [-0.2, 0) is 10.8 Å². The van der Waals surface area contributed by atoms with Gasteiger partial charge < -0.3 is 0 Å². The smallest absolute Gasteiger partial charge is 0.0148 e. The molecule has 1 aromatic rings. The van der Waals surface area contributed by atoms with Gasteiger partial charge in [-0.1, -0.05) is 68.3 Å². The molecule has 3 rings (SSSR count). The summed E-state index contributed by atoms with van der Waals surface area (Å²) in [4.78, 5) is 0. The van der Waals surface area contributed by atoms with Crippen LogP contribution in [0.3, 0.4) is 0 Å². The summed E-state index contributed by atoms with van der Waals surface area (Å²) in [6.07, 6.45) is 8.39. The van der Waals surface area contributed by atoms with Gasteiger partial charge in [-0.3, -0.25) is 0 Å². The topological polar surface area (TPSA) is 0 Å². The third-order valence-corrected chi connectivity index (χ3v) is 5.11. The lowest BCUT2D eigenvalue weighted by atomic mass is 9.71. The van der Waals surface area contributed by atoms with Crippen molar-refractivity contribution in [1.29, 1.82) is 0 Å². The van der Waals surface area contributed by atoms with Gasteiger partial charge in [0.25, 0.3) is 0 Å². The van der Waals surface area contributed by atoms with Crippen molar-refractivity contribution in [3.8, 4) is 0 Å². The van der Waals surface area contributed by atoms with Crippen molar-refractivity contribution in [3.63, 3.8) is 0 Å². The average molecular weight is 252 g/mol. The maximum atomic E-state index is 2.45. The van der Waals surface area contributed by atoms with E-state index in [1.807, 2.05) is 0 Å². The van der Waals surface area contributed by atoms with Gasteiger partial charge in [0.1, 0.15) is 0 Å². The predicted octanol–water partition coefficient (Wildman–Crippen LogP) is 5.29. The minimum absolute atomic E-state index is 0.233. The van der Waals surface area contributed by atoms with E-state index >= 15 is 0 Å². The molecule has 1 aromatic carbocycles. The van der Waals surface area contributed by atoms with Gasteiger partial charge >= 0.3 is 0 Å². The van der Waals surface area contributed by atoms with Gasteiger partial charge in [0.2, 0.25) is 0 Å². The number of hydrogen-bond acceptors (Lipinski definition) is 0. The Morgan fingerprint density at radius 2 is 1.58 bits per heavy atom. The molecule has 0 spiro atoms. The summed E-state index contributed by atoms with van der Waals surface area (Å²) in [6.45, 7) is 9.46. The van der Waals surface area contributed by atoms with Crippen molar-refractivity contribution in [3.05, 3.63) is 58.7 Å². The van der Waals surface area contributed by atoms with Crippen molar-refractivity contribution in [1.82, 2.24) is 0 Å². The number of hydrogen-bond donors (Lipinski definition) is 0. The highest BCUT2D eigenvalue weighted by Crippen LogP contribution is 2.54. The van der Waals surface area contributed by atoms with Crippen LogP contribution in [0.1, 0.15) is 58.1 Å². The third-order valence-electron chi connectivity index (χ3n) is 5.11. The van der Waals surface area contributed by atoms with Gasteiger partial charge in [0, 0.05) is 5.41 Å². The van der Waals surface area contributed by atoms with Crippen LogP contribution in [0.4, 0.5) is 0 Å². The Morgan fingerprint density at radius 3 is 2.21 bits per heavy atom. The van der Waals surface area contributed by atoms with E-state index in [1.54, 1.807) is 16.7 Å². The van der Waals surface area contributed by atoms with Crippen molar-refractivity contribution >= 4 is 0 Å². The zero-order valence-electron chi connectivity index (χ0n) is 12.6. The normalized spacial score (nSPS) is 28.6. The van der Waals surface area contributed by atoms with E-state index < -0.39 is 0 Å².